The summed E-state index contributed by atoms with van der Waals surface area (Å²) >= 11 is 11.9. The van der Waals surface area contributed by atoms with Gasteiger partial charge in [-0.25, -0.2) is 8.78 Å². The van der Waals surface area contributed by atoms with Gasteiger partial charge in [0.25, 0.3) is 5.91 Å². The van der Waals surface area contributed by atoms with Crippen molar-refractivity contribution in [3.8, 4) is 0 Å². The lowest BCUT2D eigenvalue weighted by Crippen LogP contribution is -2.42. The van der Waals surface area contributed by atoms with Gasteiger partial charge in [-0.3, -0.25) is 9.59 Å². The van der Waals surface area contributed by atoms with Crippen LogP contribution in [0.4, 0.5) is 22.0 Å². The normalized spacial score (nSPS) is 15.0. The van der Waals surface area contributed by atoms with Crippen molar-refractivity contribution in [2.24, 2.45) is 0 Å². The number of nitrogens with one attached hydrogen (secondary N) is 2. The Labute approximate surface area is 226 Å². The predicted octanol–water partition coefficient (Wildman–Crippen LogP) is 6.87. The van der Waals surface area contributed by atoms with E-state index in [-0.39, 0.29) is 27.4 Å². The smallest absolute Gasteiger partial charge is 0.378 e. The number of halogens is 7. The third kappa shape index (κ3) is 8.01. The standard InChI is InChI=1S/C26H24Cl2F5N3O2/c27-17-8-16(9-18(28)10-17)23(37)14-36(13-15-6-19(29)11-20(30)7-15)25(38)22(12-34)24(26(31,32)33)35-21-4-2-1-3-5-21/h6-12,21,34-35H,1-5,13-14H2/b24-22+,34-12?. The van der Waals surface area contributed by atoms with Gasteiger partial charge in [0.2, 0.25) is 0 Å². The van der Waals surface area contributed by atoms with Gasteiger partial charge in [0.1, 0.15) is 17.3 Å². The maximum Gasteiger partial charge on any atom is 0.431 e. The van der Waals surface area contributed by atoms with Crippen molar-refractivity contribution < 1.29 is 31.5 Å². The van der Waals surface area contributed by atoms with Crippen molar-refractivity contribution in [3.05, 3.63) is 80.5 Å². The van der Waals surface area contributed by atoms with Crippen LogP contribution >= 0.6 is 23.2 Å². The molecular weight excluding hydrogens is 552 g/mol. The van der Waals surface area contributed by atoms with E-state index in [9.17, 15) is 31.5 Å². The Balaban J connectivity index is 2.03. The number of hydrogen-bond donors (Lipinski definition) is 2. The van der Waals surface area contributed by atoms with Crippen molar-refractivity contribution in [3.63, 3.8) is 0 Å². The third-order valence-electron chi connectivity index (χ3n) is 5.98. The van der Waals surface area contributed by atoms with Crippen LogP contribution in [0.5, 0.6) is 0 Å². The number of benzene rings is 2. The van der Waals surface area contributed by atoms with E-state index in [1.807, 2.05) is 0 Å². The molecule has 0 spiro atoms. The van der Waals surface area contributed by atoms with Gasteiger partial charge in [-0.15, -0.1) is 0 Å². The summed E-state index contributed by atoms with van der Waals surface area (Å²) in [6.45, 7) is -1.39. The van der Waals surface area contributed by atoms with Crippen LogP contribution in [0.25, 0.3) is 0 Å². The molecule has 5 nitrogen and oxygen atoms in total. The van der Waals surface area contributed by atoms with Crippen molar-refractivity contribution >= 4 is 41.1 Å². The first-order chi connectivity index (χ1) is 17.9. The first-order valence-corrected chi connectivity index (χ1v) is 12.4. The number of Topliss-reactive ketones (excluding diaryl/α,β-unsaturated/α-hetero) is 1. The van der Waals surface area contributed by atoms with Crippen LogP contribution in [0, 0.1) is 17.0 Å². The molecule has 1 aliphatic rings. The van der Waals surface area contributed by atoms with E-state index in [1.54, 1.807) is 0 Å². The highest BCUT2D eigenvalue weighted by atomic mass is 35.5. The third-order valence-corrected chi connectivity index (χ3v) is 6.42. The molecule has 2 aromatic carbocycles. The summed E-state index contributed by atoms with van der Waals surface area (Å²) in [6, 6.07) is 5.71. The molecule has 0 aliphatic heterocycles. The molecule has 0 unspecified atom stereocenters. The summed E-state index contributed by atoms with van der Waals surface area (Å²) in [6.07, 6.45) is -1.52. The maximum atomic E-state index is 14.1. The fourth-order valence-corrected chi connectivity index (χ4v) is 4.80. The van der Waals surface area contributed by atoms with E-state index in [4.69, 9.17) is 28.6 Å². The molecule has 0 saturated heterocycles. The minimum atomic E-state index is -5.01. The average Bonchev–Trinajstić information content (AvgIpc) is 2.82. The topological polar surface area (TPSA) is 73.3 Å². The summed E-state index contributed by atoms with van der Waals surface area (Å²) in [4.78, 5) is 27.2. The van der Waals surface area contributed by atoms with Crippen LogP contribution in [0.1, 0.15) is 48.0 Å². The second-order valence-corrected chi connectivity index (χ2v) is 9.80. The zero-order valence-corrected chi connectivity index (χ0v) is 21.5. The van der Waals surface area contributed by atoms with Crippen LogP contribution in [0.2, 0.25) is 10.0 Å². The molecule has 3 rings (SSSR count). The quantitative estimate of drug-likeness (QED) is 0.148. The Morgan fingerprint density at radius 3 is 2.08 bits per heavy atom. The molecule has 0 radical (unpaired) electrons. The zero-order valence-electron chi connectivity index (χ0n) is 20.0. The summed E-state index contributed by atoms with van der Waals surface area (Å²) in [5, 5.41) is 10.3. The Morgan fingerprint density at radius 2 is 1.55 bits per heavy atom. The van der Waals surface area contributed by atoms with Gasteiger partial charge in [0, 0.05) is 40.5 Å². The second-order valence-electron chi connectivity index (χ2n) is 8.93. The SMILES string of the molecule is N=C/C(C(=O)N(CC(=O)c1cc(Cl)cc(Cl)c1)Cc1cc(F)cc(F)c1)=C(\NC1CCCCC1)C(F)(F)F. The van der Waals surface area contributed by atoms with E-state index in [1.165, 1.54) is 18.2 Å². The molecule has 1 saturated carbocycles. The van der Waals surface area contributed by atoms with Crippen LogP contribution < -0.4 is 5.32 Å². The fraction of sp³-hybridized carbons (Fsp3) is 0.346. The Hall–Kier alpha value is -2.98. The number of alkyl halides is 3. The van der Waals surface area contributed by atoms with Gasteiger partial charge in [-0.2, -0.15) is 13.2 Å². The molecule has 0 bridgehead atoms. The first-order valence-electron chi connectivity index (χ1n) is 11.7. The molecule has 0 heterocycles. The molecule has 38 heavy (non-hydrogen) atoms. The number of allylic oxidation sites excluding steroid dienone is 1. The predicted molar refractivity (Wildman–Crippen MR) is 134 cm³/mol. The van der Waals surface area contributed by atoms with E-state index in [2.05, 4.69) is 5.32 Å². The molecule has 1 fully saturated rings. The van der Waals surface area contributed by atoms with E-state index < -0.39 is 59.9 Å². The van der Waals surface area contributed by atoms with Gasteiger partial charge in [0.15, 0.2) is 5.78 Å². The van der Waals surface area contributed by atoms with Crippen molar-refractivity contribution in [1.29, 1.82) is 5.41 Å². The summed E-state index contributed by atoms with van der Waals surface area (Å²) in [5.74, 6) is -4.00. The number of hydrogen-bond acceptors (Lipinski definition) is 4. The number of carbonyl (C=O) groups is 2. The van der Waals surface area contributed by atoms with E-state index >= 15 is 0 Å². The summed E-state index contributed by atoms with van der Waals surface area (Å²) < 4.78 is 69.9. The van der Waals surface area contributed by atoms with Gasteiger partial charge in [-0.1, -0.05) is 42.5 Å². The summed E-state index contributed by atoms with van der Waals surface area (Å²) in [5.41, 5.74) is -2.57. The van der Waals surface area contributed by atoms with Crippen molar-refractivity contribution in [2.75, 3.05) is 6.54 Å². The maximum absolute atomic E-state index is 14.1. The Morgan fingerprint density at radius 1 is 0.974 bits per heavy atom. The fourth-order valence-electron chi connectivity index (χ4n) is 4.28. The van der Waals surface area contributed by atoms with E-state index in [0.29, 0.717) is 36.6 Å². The van der Waals surface area contributed by atoms with Gasteiger partial charge in [-0.05, 0) is 48.7 Å². The van der Waals surface area contributed by atoms with Crippen molar-refractivity contribution in [2.45, 2.75) is 50.9 Å². The largest absolute Gasteiger partial charge is 0.431 e. The van der Waals surface area contributed by atoms with Crippen LogP contribution in [0.3, 0.4) is 0 Å². The number of ketones is 1. The van der Waals surface area contributed by atoms with Crippen LogP contribution in [-0.2, 0) is 11.3 Å². The zero-order chi connectivity index (χ0) is 28.0. The minimum Gasteiger partial charge on any atom is -0.378 e. The molecule has 12 heteroatoms. The lowest BCUT2D eigenvalue weighted by molar-refractivity contribution is -0.128. The number of amides is 1. The first kappa shape index (κ1) is 29.6. The van der Waals surface area contributed by atoms with E-state index in [0.717, 1.165) is 18.6 Å². The molecular formula is C26H24Cl2F5N3O2. The molecule has 1 amide bonds. The second kappa shape index (κ2) is 12.7. The highest BCUT2D eigenvalue weighted by Crippen LogP contribution is 2.30. The molecule has 0 atom stereocenters. The van der Waals surface area contributed by atoms with Gasteiger partial charge in [0.05, 0.1) is 12.1 Å². The lowest BCUT2D eigenvalue weighted by atomic mass is 9.95. The van der Waals surface area contributed by atoms with Crippen LogP contribution in [-0.4, -0.2) is 41.6 Å². The van der Waals surface area contributed by atoms with Gasteiger partial charge >= 0.3 is 6.18 Å². The average molecular weight is 576 g/mol. The minimum absolute atomic E-state index is 0.0255. The number of nitrogens with zero attached hydrogens (tertiary/aromatic N) is 1. The molecule has 2 aromatic rings. The highest BCUT2D eigenvalue weighted by Gasteiger charge is 2.40. The lowest BCUT2D eigenvalue weighted by Gasteiger charge is -2.29. The molecule has 204 valence electrons. The van der Waals surface area contributed by atoms with Crippen molar-refractivity contribution in [1.82, 2.24) is 10.2 Å². The monoisotopic (exact) mass is 575 g/mol. The molecule has 2 N–H and O–H groups in total. The molecule has 0 aromatic heterocycles. The Kier molecular flexibility index (Phi) is 9.89. The number of carbonyl (C=O) groups excluding carboxylic acids is 2. The number of rotatable bonds is 9. The summed E-state index contributed by atoms with van der Waals surface area (Å²) in [7, 11) is 0. The Bertz CT molecular complexity index is 1200. The highest BCUT2D eigenvalue weighted by molar-refractivity contribution is 6.35. The van der Waals surface area contributed by atoms with Gasteiger partial charge < -0.3 is 15.6 Å². The van der Waals surface area contributed by atoms with Crippen LogP contribution in [0.15, 0.2) is 47.7 Å². The molecule has 1 aliphatic carbocycles.